The first-order chi connectivity index (χ1) is 11.1. The maximum Gasteiger partial charge on any atom is 0.268 e. The number of hydrogen-bond donors (Lipinski definition) is 2. The molecule has 118 valence electrons. The van der Waals surface area contributed by atoms with E-state index < -0.39 is 0 Å². The lowest BCUT2D eigenvalue weighted by molar-refractivity contribution is -0.118. The molecule has 2 N–H and O–H groups in total. The molecule has 0 aliphatic rings. The number of hydrogen-bond acceptors (Lipinski definition) is 2. The number of carbonyl (C=O) groups is 2. The highest BCUT2D eigenvalue weighted by molar-refractivity contribution is 6.05. The Bertz CT molecular complexity index is 692. The molecule has 2 aromatic rings. The average Bonchev–Trinajstić information content (AvgIpc) is 2.55. The van der Waals surface area contributed by atoms with Gasteiger partial charge in [-0.15, -0.1) is 0 Å². The molecule has 2 rings (SSSR count). The number of benzene rings is 2. The van der Waals surface area contributed by atoms with Crippen LogP contribution < -0.4 is 10.6 Å². The molecule has 2 amide bonds. The van der Waals surface area contributed by atoms with E-state index in [1.54, 1.807) is 30.3 Å². The van der Waals surface area contributed by atoms with E-state index in [-0.39, 0.29) is 23.6 Å². The minimum Gasteiger partial charge on any atom is -0.349 e. The second kappa shape index (κ2) is 7.94. The summed E-state index contributed by atoms with van der Waals surface area (Å²) in [5.41, 5.74) is 1.57. The van der Waals surface area contributed by atoms with Crippen molar-refractivity contribution in [3.63, 3.8) is 0 Å². The first-order valence-electron chi connectivity index (χ1n) is 7.50. The Morgan fingerprint density at radius 3 is 2.04 bits per heavy atom. The highest BCUT2D eigenvalue weighted by atomic mass is 16.2. The van der Waals surface area contributed by atoms with Crippen molar-refractivity contribution in [2.24, 2.45) is 0 Å². The van der Waals surface area contributed by atoms with Gasteiger partial charge < -0.3 is 10.6 Å². The van der Waals surface area contributed by atoms with Crippen molar-refractivity contribution in [1.82, 2.24) is 10.6 Å². The molecule has 23 heavy (non-hydrogen) atoms. The van der Waals surface area contributed by atoms with Crippen LogP contribution in [0.25, 0.3) is 6.08 Å². The van der Waals surface area contributed by atoms with Crippen LogP contribution in [0.15, 0.2) is 66.4 Å². The SMILES string of the molecule is CC(C)NC(=O)/C(=C\c1ccccc1)NC(=O)c1ccccc1. The van der Waals surface area contributed by atoms with Gasteiger partial charge in [0.1, 0.15) is 5.70 Å². The lowest BCUT2D eigenvalue weighted by Crippen LogP contribution is -2.38. The molecule has 0 unspecified atom stereocenters. The summed E-state index contributed by atoms with van der Waals surface area (Å²) in [5.74, 6) is -0.625. The summed E-state index contributed by atoms with van der Waals surface area (Å²) in [4.78, 5) is 24.6. The van der Waals surface area contributed by atoms with E-state index in [1.165, 1.54) is 0 Å². The van der Waals surface area contributed by atoms with E-state index in [0.717, 1.165) is 5.56 Å². The zero-order chi connectivity index (χ0) is 16.7. The van der Waals surface area contributed by atoms with Crippen molar-refractivity contribution in [3.05, 3.63) is 77.5 Å². The van der Waals surface area contributed by atoms with Gasteiger partial charge in [0.15, 0.2) is 0 Å². The van der Waals surface area contributed by atoms with Crippen LogP contribution in [0.1, 0.15) is 29.8 Å². The molecule has 0 radical (unpaired) electrons. The van der Waals surface area contributed by atoms with Gasteiger partial charge in [-0.05, 0) is 37.6 Å². The molecule has 0 heterocycles. The quantitative estimate of drug-likeness (QED) is 0.834. The fraction of sp³-hybridized carbons (Fsp3) is 0.158. The molecule has 2 aromatic carbocycles. The fourth-order valence-corrected chi connectivity index (χ4v) is 2.00. The van der Waals surface area contributed by atoms with E-state index in [2.05, 4.69) is 10.6 Å². The van der Waals surface area contributed by atoms with Crippen molar-refractivity contribution in [2.75, 3.05) is 0 Å². The van der Waals surface area contributed by atoms with Crippen molar-refractivity contribution in [2.45, 2.75) is 19.9 Å². The molecule has 0 aromatic heterocycles. The normalized spacial score (nSPS) is 11.2. The average molecular weight is 308 g/mol. The van der Waals surface area contributed by atoms with Gasteiger partial charge in [-0.25, -0.2) is 0 Å². The molecule has 0 atom stereocenters. The van der Waals surface area contributed by atoms with Crippen molar-refractivity contribution in [3.8, 4) is 0 Å². The van der Waals surface area contributed by atoms with Crippen molar-refractivity contribution in [1.29, 1.82) is 0 Å². The van der Waals surface area contributed by atoms with Gasteiger partial charge in [-0.2, -0.15) is 0 Å². The molecular weight excluding hydrogens is 288 g/mol. The number of carbonyl (C=O) groups excluding carboxylic acids is 2. The van der Waals surface area contributed by atoms with Gasteiger partial charge in [0.25, 0.3) is 11.8 Å². The third-order valence-corrected chi connectivity index (χ3v) is 3.06. The van der Waals surface area contributed by atoms with Gasteiger partial charge in [-0.3, -0.25) is 9.59 Å². The summed E-state index contributed by atoms with van der Waals surface area (Å²) < 4.78 is 0. The Kier molecular flexibility index (Phi) is 5.69. The number of rotatable bonds is 5. The van der Waals surface area contributed by atoms with Gasteiger partial charge in [0.2, 0.25) is 0 Å². The van der Waals surface area contributed by atoms with Crippen LogP contribution in [0, 0.1) is 0 Å². The molecule has 0 saturated heterocycles. The lowest BCUT2D eigenvalue weighted by Gasteiger charge is -2.13. The van der Waals surface area contributed by atoms with E-state index in [0.29, 0.717) is 5.56 Å². The van der Waals surface area contributed by atoms with Crippen LogP contribution in [-0.4, -0.2) is 17.9 Å². The summed E-state index contributed by atoms with van der Waals surface area (Å²) in [6.45, 7) is 3.74. The Labute approximate surface area is 136 Å². The van der Waals surface area contributed by atoms with Gasteiger partial charge in [0, 0.05) is 11.6 Å². The molecule has 0 spiro atoms. The third-order valence-electron chi connectivity index (χ3n) is 3.06. The van der Waals surface area contributed by atoms with Gasteiger partial charge >= 0.3 is 0 Å². The predicted octanol–water partition coefficient (Wildman–Crippen LogP) is 2.98. The van der Waals surface area contributed by atoms with Crippen LogP contribution in [0.3, 0.4) is 0 Å². The first kappa shape index (κ1) is 16.5. The summed E-state index contributed by atoms with van der Waals surface area (Å²) in [7, 11) is 0. The predicted molar refractivity (Wildman–Crippen MR) is 91.6 cm³/mol. The molecular formula is C19H20N2O2. The largest absolute Gasteiger partial charge is 0.349 e. The fourth-order valence-electron chi connectivity index (χ4n) is 2.00. The van der Waals surface area contributed by atoms with Gasteiger partial charge in [-0.1, -0.05) is 48.5 Å². The highest BCUT2D eigenvalue weighted by Crippen LogP contribution is 2.07. The van der Waals surface area contributed by atoms with Crippen LogP contribution >= 0.6 is 0 Å². The zero-order valence-corrected chi connectivity index (χ0v) is 13.2. The minimum absolute atomic E-state index is 0.0182. The van der Waals surface area contributed by atoms with Crippen LogP contribution in [0.2, 0.25) is 0 Å². The van der Waals surface area contributed by atoms with Crippen molar-refractivity contribution >= 4 is 17.9 Å². The Hall–Kier alpha value is -2.88. The van der Waals surface area contributed by atoms with E-state index in [9.17, 15) is 9.59 Å². The maximum atomic E-state index is 12.3. The lowest BCUT2D eigenvalue weighted by atomic mass is 10.1. The molecule has 0 saturated carbocycles. The van der Waals surface area contributed by atoms with Crippen LogP contribution in [0.4, 0.5) is 0 Å². The monoisotopic (exact) mass is 308 g/mol. The Morgan fingerprint density at radius 2 is 1.48 bits per heavy atom. The topological polar surface area (TPSA) is 58.2 Å². The Balaban J connectivity index is 2.25. The molecule has 0 fully saturated rings. The van der Waals surface area contributed by atoms with E-state index >= 15 is 0 Å². The maximum absolute atomic E-state index is 12.3. The van der Waals surface area contributed by atoms with E-state index in [1.807, 2.05) is 50.2 Å². The van der Waals surface area contributed by atoms with Gasteiger partial charge in [0.05, 0.1) is 0 Å². The second-order valence-corrected chi connectivity index (χ2v) is 5.42. The first-order valence-corrected chi connectivity index (χ1v) is 7.50. The summed E-state index contributed by atoms with van der Waals surface area (Å²) in [5, 5.41) is 5.50. The van der Waals surface area contributed by atoms with E-state index in [4.69, 9.17) is 0 Å². The standard InChI is InChI=1S/C19H20N2O2/c1-14(2)20-19(23)17(13-15-9-5-3-6-10-15)21-18(22)16-11-7-4-8-12-16/h3-14H,1-2H3,(H,20,23)(H,21,22)/b17-13+. The smallest absolute Gasteiger partial charge is 0.268 e. The summed E-state index contributed by atoms with van der Waals surface area (Å²) in [6.07, 6.45) is 1.67. The summed E-state index contributed by atoms with van der Waals surface area (Å²) in [6, 6.07) is 18.2. The number of nitrogens with one attached hydrogen (secondary N) is 2. The second-order valence-electron chi connectivity index (χ2n) is 5.42. The third kappa shape index (κ3) is 5.11. The molecule has 4 heteroatoms. The van der Waals surface area contributed by atoms with Crippen molar-refractivity contribution < 1.29 is 9.59 Å². The van der Waals surface area contributed by atoms with Crippen LogP contribution in [-0.2, 0) is 4.79 Å². The summed E-state index contributed by atoms with van der Waals surface area (Å²) >= 11 is 0. The minimum atomic E-state index is -0.313. The van der Waals surface area contributed by atoms with Crippen LogP contribution in [0.5, 0.6) is 0 Å². The Morgan fingerprint density at radius 1 is 0.913 bits per heavy atom. The molecule has 4 nitrogen and oxygen atoms in total. The zero-order valence-electron chi connectivity index (χ0n) is 13.2. The molecule has 0 bridgehead atoms. The molecule has 0 aliphatic carbocycles. The molecule has 0 aliphatic heterocycles. The highest BCUT2D eigenvalue weighted by Gasteiger charge is 2.15. The number of amides is 2.